The van der Waals surface area contributed by atoms with E-state index in [1.54, 1.807) is 6.07 Å². The average Bonchev–Trinajstić information content (AvgIpc) is 2.13. The third kappa shape index (κ3) is 1.50. The van der Waals surface area contributed by atoms with Crippen molar-refractivity contribution in [2.75, 3.05) is 0 Å². The third-order valence-corrected chi connectivity index (χ3v) is 2.69. The molecule has 0 saturated carbocycles. The number of ketones is 1. The van der Waals surface area contributed by atoms with Crippen molar-refractivity contribution in [1.82, 2.24) is 0 Å². The van der Waals surface area contributed by atoms with Crippen LogP contribution in [0.5, 0.6) is 0 Å². The second kappa shape index (κ2) is 3.17. The number of hydrogen-bond donors (Lipinski definition) is 0. The molecular weight excluding hydrogens is 207 g/mol. The van der Waals surface area contributed by atoms with E-state index >= 15 is 0 Å². The van der Waals surface area contributed by atoms with Gasteiger partial charge in [0.05, 0.1) is 5.03 Å². The molecule has 1 nitrogen and oxygen atoms in total. The minimum atomic E-state index is 0.0108. The average molecular weight is 213 g/mol. The van der Waals surface area contributed by atoms with Gasteiger partial charge < -0.3 is 0 Å². The summed E-state index contributed by atoms with van der Waals surface area (Å²) in [5.41, 5.74) is 1.84. The number of Topliss-reactive ketones (excluding diaryl/α,β-unsaturated/α-hetero) is 1. The van der Waals surface area contributed by atoms with Crippen LogP contribution in [0.3, 0.4) is 0 Å². The first-order valence-electron chi connectivity index (χ1n) is 3.86. The maximum Gasteiger partial charge on any atom is 0.178 e. The normalized spacial score (nSPS) is 16.0. The van der Waals surface area contributed by atoms with E-state index in [0.717, 1.165) is 11.1 Å². The van der Waals surface area contributed by atoms with E-state index in [2.05, 4.69) is 0 Å². The Morgan fingerprint density at radius 2 is 2.00 bits per heavy atom. The zero-order valence-electron chi connectivity index (χ0n) is 6.68. The van der Waals surface area contributed by atoms with Gasteiger partial charge in [0, 0.05) is 11.4 Å². The lowest BCUT2D eigenvalue weighted by molar-refractivity contribution is -0.115. The maximum atomic E-state index is 10.9. The number of benzene rings is 1. The van der Waals surface area contributed by atoms with Crippen molar-refractivity contribution >= 4 is 34.6 Å². The number of carbonyl (C=O) groups is 1. The van der Waals surface area contributed by atoms with Crippen LogP contribution in [0.25, 0.3) is 5.57 Å². The lowest BCUT2D eigenvalue weighted by Crippen LogP contribution is -2.12. The third-order valence-electron chi connectivity index (χ3n) is 2.02. The number of rotatable bonds is 1. The highest BCUT2D eigenvalue weighted by Crippen LogP contribution is 2.36. The number of allylic oxidation sites excluding steroid dienone is 2. The molecule has 1 aromatic carbocycles. The van der Waals surface area contributed by atoms with E-state index in [-0.39, 0.29) is 5.78 Å². The highest BCUT2D eigenvalue weighted by molar-refractivity contribution is 6.50. The van der Waals surface area contributed by atoms with Crippen LogP contribution in [0.15, 0.2) is 29.3 Å². The SMILES string of the molecule is O=C1CC(c2cccc(Cl)c2)=C1Cl. The Morgan fingerprint density at radius 1 is 1.23 bits per heavy atom. The minimum Gasteiger partial charge on any atom is -0.293 e. The van der Waals surface area contributed by atoms with E-state index in [1.807, 2.05) is 18.2 Å². The standard InChI is InChI=1S/C10H6Cl2O/c11-7-3-1-2-6(4-7)8-5-9(13)10(8)12/h1-4H,5H2. The van der Waals surface area contributed by atoms with Crippen LogP contribution in [0.1, 0.15) is 12.0 Å². The molecule has 2 rings (SSSR count). The Bertz CT molecular complexity index is 407. The van der Waals surface area contributed by atoms with Crippen LogP contribution in [-0.4, -0.2) is 5.78 Å². The topological polar surface area (TPSA) is 17.1 Å². The molecule has 0 unspecified atom stereocenters. The van der Waals surface area contributed by atoms with Gasteiger partial charge in [-0.2, -0.15) is 0 Å². The van der Waals surface area contributed by atoms with Crippen molar-refractivity contribution in [3.05, 3.63) is 39.9 Å². The van der Waals surface area contributed by atoms with Crippen LogP contribution in [-0.2, 0) is 4.79 Å². The van der Waals surface area contributed by atoms with Crippen LogP contribution in [0, 0.1) is 0 Å². The second-order valence-corrected chi connectivity index (χ2v) is 3.72. The van der Waals surface area contributed by atoms with E-state index in [1.165, 1.54) is 0 Å². The zero-order valence-corrected chi connectivity index (χ0v) is 8.19. The molecule has 0 heterocycles. The number of halogens is 2. The molecule has 13 heavy (non-hydrogen) atoms. The first-order valence-corrected chi connectivity index (χ1v) is 4.62. The molecule has 1 aliphatic carbocycles. The molecule has 0 aliphatic heterocycles. The molecular formula is C10H6Cl2O. The predicted octanol–water partition coefficient (Wildman–Crippen LogP) is 3.26. The van der Waals surface area contributed by atoms with E-state index < -0.39 is 0 Å². The molecule has 0 saturated heterocycles. The quantitative estimate of drug-likeness (QED) is 0.699. The molecule has 0 spiro atoms. The zero-order chi connectivity index (χ0) is 9.42. The summed E-state index contributed by atoms with van der Waals surface area (Å²) >= 11 is 11.5. The molecule has 1 aromatic rings. The number of carbonyl (C=O) groups excluding carboxylic acids is 1. The van der Waals surface area contributed by atoms with Crippen molar-refractivity contribution in [2.45, 2.75) is 6.42 Å². The smallest absolute Gasteiger partial charge is 0.178 e. The van der Waals surface area contributed by atoms with Gasteiger partial charge in [-0.05, 0) is 23.3 Å². The van der Waals surface area contributed by atoms with Crippen LogP contribution >= 0.6 is 23.2 Å². The monoisotopic (exact) mass is 212 g/mol. The van der Waals surface area contributed by atoms with E-state index in [9.17, 15) is 4.79 Å². The Balaban J connectivity index is 2.43. The fourth-order valence-electron chi connectivity index (χ4n) is 1.28. The van der Waals surface area contributed by atoms with Crippen molar-refractivity contribution in [1.29, 1.82) is 0 Å². The summed E-state index contributed by atoms with van der Waals surface area (Å²) in [7, 11) is 0. The first kappa shape index (κ1) is 8.79. The lowest BCUT2D eigenvalue weighted by atomic mass is 9.90. The largest absolute Gasteiger partial charge is 0.293 e. The molecule has 66 valence electrons. The van der Waals surface area contributed by atoms with E-state index in [4.69, 9.17) is 23.2 Å². The summed E-state index contributed by atoms with van der Waals surface area (Å²) in [6, 6.07) is 7.35. The molecule has 0 aromatic heterocycles. The Kier molecular flexibility index (Phi) is 2.14. The Morgan fingerprint density at radius 3 is 2.54 bits per heavy atom. The lowest BCUT2D eigenvalue weighted by Gasteiger charge is -2.17. The van der Waals surface area contributed by atoms with Gasteiger partial charge in [0.1, 0.15) is 0 Å². The van der Waals surface area contributed by atoms with Crippen LogP contribution in [0.2, 0.25) is 5.02 Å². The summed E-state index contributed by atoms with van der Waals surface area (Å²) in [4.78, 5) is 10.9. The fraction of sp³-hybridized carbons (Fsp3) is 0.100. The van der Waals surface area contributed by atoms with Crippen molar-refractivity contribution < 1.29 is 4.79 Å². The summed E-state index contributed by atoms with van der Waals surface area (Å²) in [5.74, 6) is 0.0108. The van der Waals surface area contributed by atoms with Gasteiger partial charge in [0.15, 0.2) is 5.78 Å². The van der Waals surface area contributed by atoms with Gasteiger partial charge in [0.25, 0.3) is 0 Å². The van der Waals surface area contributed by atoms with Gasteiger partial charge in [-0.25, -0.2) is 0 Å². The predicted molar refractivity (Wildman–Crippen MR) is 53.8 cm³/mol. The molecule has 0 atom stereocenters. The highest BCUT2D eigenvalue weighted by Gasteiger charge is 2.26. The van der Waals surface area contributed by atoms with Gasteiger partial charge >= 0.3 is 0 Å². The van der Waals surface area contributed by atoms with Gasteiger partial charge in [-0.15, -0.1) is 0 Å². The van der Waals surface area contributed by atoms with Crippen LogP contribution in [0.4, 0.5) is 0 Å². The van der Waals surface area contributed by atoms with E-state index in [0.29, 0.717) is 16.5 Å². The maximum absolute atomic E-state index is 10.9. The van der Waals surface area contributed by atoms with Gasteiger partial charge in [-0.1, -0.05) is 35.3 Å². The van der Waals surface area contributed by atoms with Gasteiger partial charge in [-0.3, -0.25) is 4.79 Å². The molecule has 0 N–H and O–H groups in total. The first-order chi connectivity index (χ1) is 6.18. The summed E-state index contributed by atoms with van der Waals surface area (Å²) in [6.45, 7) is 0. The van der Waals surface area contributed by atoms with Crippen molar-refractivity contribution in [3.63, 3.8) is 0 Å². The van der Waals surface area contributed by atoms with Gasteiger partial charge in [0.2, 0.25) is 0 Å². The Labute approximate surface area is 86.0 Å². The Hall–Kier alpha value is -0.790. The molecule has 0 fully saturated rings. The fourth-order valence-corrected chi connectivity index (χ4v) is 1.72. The molecule has 0 amide bonds. The minimum absolute atomic E-state index is 0.0108. The summed E-state index contributed by atoms with van der Waals surface area (Å²) in [6.07, 6.45) is 0.430. The van der Waals surface area contributed by atoms with Crippen LogP contribution < -0.4 is 0 Å². The molecule has 0 bridgehead atoms. The molecule has 1 aliphatic rings. The van der Waals surface area contributed by atoms with Crippen molar-refractivity contribution in [3.8, 4) is 0 Å². The highest BCUT2D eigenvalue weighted by atomic mass is 35.5. The number of hydrogen-bond acceptors (Lipinski definition) is 1. The molecule has 0 radical (unpaired) electrons. The summed E-state index contributed by atoms with van der Waals surface area (Å²) in [5, 5.41) is 1.01. The van der Waals surface area contributed by atoms with Crippen molar-refractivity contribution in [2.24, 2.45) is 0 Å². The molecule has 3 heteroatoms. The second-order valence-electron chi connectivity index (χ2n) is 2.90. The summed E-state index contributed by atoms with van der Waals surface area (Å²) < 4.78 is 0.